The van der Waals surface area contributed by atoms with Gasteiger partial charge < -0.3 is 9.94 Å². The predicted molar refractivity (Wildman–Crippen MR) is 51.0 cm³/mol. The van der Waals surface area contributed by atoms with Gasteiger partial charge in [0.25, 0.3) is 0 Å². The fraction of sp³-hybridized carbons (Fsp3) is 0.400. The van der Waals surface area contributed by atoms with E-state index < -0.39 is 0 Å². The molecule has 0 aromatic heterocycles. The molecule has 3 nitrogen and oxygen atoms in total. The molecule has 0 fully saturated rings. The lowest BCUT2D eigenvalue weighted by atomic mass is 10.1. The monoisotopic (exact) mass is 181 g/mol. The number of hydrogen-bond acceptors (Lipinski definition) is 3. The van der Waals surface area contributed by atoms with E-state index in [0.29, 0.717) is 13.2 Å². The van der Waals surface area contributed by atoms with Crippen LogP contribution in [0.1, 0.15) is 18.1 Å². The van der Waals surface area contributed by atoms with Crippen LogP contribution in [0.15, 0.2) is 18.2 Å². The molecule has 72 valence electrons. The van der Waals surface area contributed by atoms with Gasteiger partial charge in [-0.15, -0.1) is 0 Å². The number of hydrogen-bond donors (Lipinski definition) is 2. The van der Waals surface area contributed by atoms with Gasteiger partial charge >= 0.3 is 0 Å². The summed E-state index contributed by atoms with van der Waals surface area (Å²) in [7, 11) is 0. The smallest absolute Gasteiger partial charge is 0.123 e. The molecule has 0 saturated heterocycles. The Morgan fingerprint density at radius 3 is 2.85 bits per heavy atom. The van der Waals surface area contributed by atoms with E-state index in [4.69, 9.17) is 9.94 Å². The van der Waals surface area contributed by atoms with Gasteiger partial charge in [-0.3, -0.25) is 0 Å². The third-order valence-electron chi connectivity index (χ3n) is 1.79. The summed E-state index contributed by atoms with van der Waals surface area (Å²) < 4.78 is 5.39. The molecule has 0 aliphatic rings. The first-order valence-electron chi connectivity index (χ1n) is 4.37. The van der Waals surface area contributed by atoms with Crippen LogP contribution in [-0.4, -0.2) is 11.8 Å². The van der Waals surface area contributed by atoms with E-state index in [0.717, 1.165) is 16.9 Å². The van der Waals surface area contributed by atoms with E-state index in [1.807, 2.05) is 32.0 Å². The van der Waals surface area contributed by atoms with Crippen molar-refractivity contribution < 1.29 is 9.94 Å². The molecule has 13 heavy (non-hydrogen) atoms. The molecule has 0 amide bonds. The van der Waals surface area contributed by atoms with Gasteiger partial charge in [0.15, 0.2) is 0 Å². The van der Waals surface area contributed by atoms with Crippen LogP contribution in [0.4, 0.5) is 0 Å². The zero-order valence-electron chi connectivity index (χ0n) is 8.00. The highest BCUT2D eigenvalue weighted by molar-refractivity contribution is 5.36. The normalized spacial score (nSPS) is 10.1. The molecule has 0 spiro atoms. The van der Waals surface area contributed by atoms with Gasteiger partial charge in [0.1, 0.15) is 5.75 Å². The topological polar surface area (TPSA) is 41.5 Å². The minimum absolute atomic E-state index is 0.414. The van der Waals surface area contributed by atoms with Crippen LogP contribution in [0.3, 0.4) is 0 Å². The van der Waals surface area contributed by atoms with Crippen molar-refractivity contribution in [2.75, 3.05) is 6.61 Å². The Balaban J connectivity index is 2.89. The minimum atomic E-state index is 0.414. The molecule has 0 saturated carbocycles. The summed E-state index contributed by atoms with van der Waals surface area (Å²) in [6, 6.07) is 5.91. The number of nitrogens with one attached hydrogen (secondary N) is 1. The van der Waals surface area contributed by atoms with E-state index in [-0.39, 0.29) is 0 Å². The van der Waals surface area contributed by atoms with Crippen LogP contribution in [0, 0.1) is 6.92 Å². The second-order valence-corrected chi connectivity index (χ2v) is 2.88. The predicted octanol–water partition coefficient (Wildman–Crippen LogP) is 1.87. The van der Waals surface area contributed by atoms with Crippen LogP contribution in [-0.2, 0) is 6.54 Å². The van der Waals surface area contributed by atoms with E-state index in [2.05, 4.69) is 5.48 Å². The van der Waals surface area contributed by atoms with Crippen LogP contribution >= 0.6 is 0 Å². The lowest BCUT2D eigenvalue weighted by molar-refractivity contribution is 0.159. The van der Waals surface area contributed by atoms with E-state index >= 15 is 0 Å². The number of benzene rings is 1. The number of rotatable bonds is 4. The maximum Gasteiger partial charge on any atom is 0.123 e. The number of aryl methyl sites for hydroxylation is 1. The maximum atomic E-state index is 8.60. The first kappa shape index (κ1) is 10.0. The number of ether oxygens (including phenoxy) is 1. The van der Waals surface area contributed by atoms with E-state index in [1.54, 1.807) is 0 Å². The van der Waals surface area contributed by atoms with Crippen molar-refractivity contribution in [2.45, 2.75) is 20.4 Å². The van der Waals surface area contributed by atoms with Gasteiger partial charge in [0, 0.05) is 12.1 Å². The summed E-state index contributed by atoms with van der Waals surface area (Å²) in [6.45, 7) is 5.01. The van der Waals surface area contributed by atoms with Gasteiger partial charge in [0.05, 0.1) is 6.61 Å². The Labute approximate surface area is 78.3 Å². The summed E-state index contributed by atoms with van der Waals surface area (Å²) in [5, 5.41) is 8.60. The van der Waals surface area contributed by atoms with Gasteiger partial charge in [0.2, 0.25) is 0 Å². The molecule has 0 atom stereocenters. The Kier molecular flexibility index (Phi) is 3.73. The highest BCUT2D eigenvalue weighted by Crippen LogP contribution is 2.19. The quantitative estimate of drug-likeness (QED) is 0.697. The average Bonchev–Trinajstić information content (AvgIpc) is 2.10. The third kappa shape index (κ3) is 2.72. The molecule has 1 aromatic rings. The fourth-order valence-corrected chi connectivity index (χ4v) is 1.23. The third-order valence-corrected chi connectivity index (χ3v) is 1.79. The Morgan fingerprint density at radius 2 is 2.23 bits per heavy atom. The van der Waals surface area contributed by atoms with Gasteiger partial charge in [-0.25, -0.2) is 5.48 Å². The van der Waals surface area contributed by atoms with Gasteiger partial charge in [-0.05, 0) is 19.9 Å². The van der Waals surface area contributed by atoms with Crippen molar-refractivity contribution in [3.63, 3.8) is 0 Å². The molecule has 0 bridgehead atoms. The second kappa shape index (κ2) is 4.84. The SMILES string of the molecule is CCOc1ccc(C)cc1CNO. The van der Waals surface area contributed by atoms with Crippen LogP contribution < -0.4 is 10.2 Å². The molecule has 2 N–H and O–H groups in total. The van der Waals surface area contributed by atoms with Crippen LogP contribution in [0.25, 0.3) is 0 Å². The Hall–Kier alpha value is -1.06. The van der Waals surface area contributed by atoms with Crippen molar-refractivity contribution in [3.05, 3.63) is 29.3 Å². The average molecular weight is 181 g/mol. The Morgan fingerprint density at radius 1 is 1.46 bits per heavy atom. The van der Waals surface area contributed by atoms with Gasteiger partial charge in [-0.2, -0.15) is 0 Å². The largest absolute Gasteiger partial charge is 0.494 e. The summed E-state index contributed by atoms with van der Waals surface area (Å²) in [4.78, 5) is 0. The molecule has 0 radical (unpaired) electrons. The first-order valence-corrected chi connectivity index (χ1v) is 4.37. The standard InChI is InChI=1S/C10H15NO2/c1-3-13-10-5-4-8(2)6-9(10)7-11-12/h4-6,11-12H,3,7H2,1-2H3. The van der Waals surface area contributed by atoms with Crippen LogP contribution in [0.5, 0.6) is 5.75 Å². The maximum absolute atomic E-state index is 8.60. The van der Waals surface area contributed by atoms with Crippen molar-refractivity contribution in [3.8, 4) is 5.75 Å². The molecule has 0 unspecified atom stereocenters. The Bertz CT molecular complexity index is 274. The fourth-order valence-electron chi connectivity index (χ4n) is 1.23. The second-order valence-electron chi connectivity index (χ2n) is 2.88. The first-order chi connectivity index (χ1) is 6.27. The zero-order chi connectivity index (χ0) is 9.68. The highest BCUT2D eigenvalue weighted by atomic mass is 16.5. The molecular weight excluding hydrogens is 166 g/mol. The van der Waals surface area contributed by atoms with Crippen molar-refractivity contribution in [1.82, 2.24) is 5.48 Å². The van der Waals surface area contributed by atoms with Crippen molar-refractivity contribution in [2.24, 2.45) is 0 Å². The summed E-state index contributed by atoms with van der Waals surface area (Å²) in [5.41, 5.74) is 4.27. The molecule has 0 heterocycles. The summed E-state index contributed by atoms with van der Waals surface area (Å²) in [6.07, 6.45) is 0. The summed E-state index contributed by atoms with van der Waals surface area (Å²) >= 11 is 0. The lowest BCUT2D eigenvalue weighted by Gasteiger charge is -2.09. The van der Waals surface area contributed by atoms with Crippen molar-refractivity contribution in [1.29, 1.82) is 0 Å². The number of hydroxylamine groups is 1. The van der Waals surface area contributed by atoms with E-state index in [9.17, 15) is 0 Å². The molecule has 3 heteroatoms. The lowest BCUT2D eigenvalue weighted by Crippen LogP contribution is -2.08. The zero-order valence-corrected chi connectivity index (χ0v) is 8.00. The van der Waals surface area contributed by atoms with Crippen molar-refractivity contribution >= 4 is 0 Å². The van der Waals surface area contributed by atoms with Crippen LogP contribution in [0.2, 0.25) is 0 Å². The molecule has 0 aliphatic heterocycles. The molecule has 0 aliphatic carbocycles. The summed E-state index contributed by atoms with van der Waals surface area (Å²) in [5.74, 6) is 0.828. The highest BCUT2D eigenvalue weighted by Gasteiger charge is 2.02. The molecule has 1 aromatic carbocycles. The minimum Gasteiger partial charge on any atom is -0.494 e. The molecular formula is C10H15NO2. The molecule has 1 rings (SSSR count). The van der Waals surface area contributed by atoms with E-state index in [1.165, 1.54) is 0 Å². The van der Waals surface area contributed by atoms with Gasteiger partial charge in [-0.1, -0.05) is 17.7 Å².